The number of aliphatic hydroxyl groups is 1. The molecule has 1 amide bonds. The van der Waals surface area contributed by atoms with Crippen LogP contribution < -0.4 is 4.90 Å². The molecule has 10 nitrogen and oxygen atoms in total. The number of aromatic hydroxyl groups is 1. The number of rotatable bonds is 5. The molecule has 3 aromatic carbocycles. The highest BCUT2D eigenvalue weighted by atomic mass is 16.4. The number of carbonyl (C=O) groups is 3. The third kappa shape index (κ3) is 3.50. The van der Waals surface area contributed by atoms with Crippen molar-refractivity contribution in [3.8, 4) is 5.75 Å². The Morgan fingerprint density at radius 3 is 2.46 bits per heavy atom. The standard InChI is InChI=1S/C27H17N3O7/c31-16-8-5-13(6-9-16)22-21(23(32)20-12-14-3-1-2-4-19(14)37-20)24(33)25(34)30(22)27-28-17-10-7-15(26(35)36)11-18(17)29-27/h1-12,22,31,33H,(H,28,29)(H,35,36). The number of aromatic carboxylic acids is 1. The van der Waals surface area contributed by atoms with Gasteiger partial charge in [0.15, 0.2) is 11.5 Å². The number of phenolic OH excluding ortho intramolecular Hbond substituents is 1. The predicted molar refractivity (Wildman–Crippen MR) is 132 cm³/mol. The maximum Gasteiger partial charge on any atom is 0.335 e. The molecule has 2 aromatic heterocycles. The van der Waals surface area contributed by atoms with Gasteiger partial charge in [0.25, 0.3) is 5.91 Å². The number of aromatic nitrogens is 2. The number of carbonyl (C=O) groups excluding carboxylic acids is 2. The lowest BCUT2D eigenvalue weighted by Gasteiger charge is -2.24. The molecule has 0 bridgehead atoms. The first kappa shape index (κ1) is 22.1. The molecule has 6 rings (SSSR count). The lowest BCUT2D eigenvalue weighted by Crippen LogP contribution is -2.32. The Morgan fingerprint density at radius 2 is 1.73 bits per heavy atom. The number of nitrogens with one attached hydrogen (secondary N) is 1. The van der Waals surface area contributed by atoms with Gasteiger partial charge < -0.3 is 24.7 Å². The maximum atomic E-state index is 13.7. The molecule has 1 unspecified atom stereocenters. The van der Waals surface area contributed by atoms with E-state index in [9.17, 15) is 29.7 Å². The van der Waals surface area contributed by atoms with Gasteiger partial charge in [-0.1, -0.05) is 30.3 Å². The zero-order valence-corrected chi connectivity index (χ0v) is 18.9. The number of phenols is 1. The number of benzene rings is 3. The van der Waals surface area contributed by atoms with E-state index in [2.05, 4.69) is 9.97 Å². The lowest BCUT2D eigenvalue weighted by atomic mass is 9.95. The highest BCUT2D eigenvalue weighted by molar-refractivity contribution is 6.20. The average Bonchev–Trinajstić information content (AvgIpc) is 3.58. The van der Waals surface area contributed by atoms with Crippen molar-refractivity contribution in [3.05, 3.63) is 101 Å². The fourth-order valence-corrected chi connectivity index (χ4v) is 4.50. The molecule has 37 heavy (non-hydrogen) atoms. The Labute approximate surface area is 207 Å². The topological polar surface area (TPSA) is 157 Å². The van der Waals surface area contributed by atoms with E-state index in [0.29, 0.717) is 27.6 Å². The summed E-state index contributed by atoms with van der Waals surface area (Å²) in [6.45, 7) is 0. The highest BCUT2D eigenvalue weighted by Gasteiger charge is 2.46. The Bertz CT molecular complexity index is 1750. The third-order valence-electron chi connectivity index (χ3n) is 6.26. The number of carboxylic acids is 1. The summed E-state index contributed by atoms with van der Waals surface area (Å²) in [5.74, 6) is -3.55. The molecule has 1 atom stereocenters. The number of H-pyrrole nitrogens is 1. The highest BCUT2D eigenvalue weighted by Crippen LogP contribution is 2.42. The molecule has 1 aliphatic heterocycles. The van der Waals surface area contributed by atoms with Crippen LogP contribution >= 0.6 is 0 Å². The normalized spacial score (nSPS) is 15.7. The number of aliphatic hydroxyl groups excluding tert-OH is 1. The molecule has 10 heteroatoms. The minimum absolute atomic E-state index is 0.000398. The molecule has 4 N–H and O–H groups in total. The average molecular weight is 495 g/mol. The second-order valence-corrected chi connectivity index (χ2v) is 8.51. The van der Waals surface area contributed by atoms with Gasteiger partial charge in [-0.3, -0.25) is 14.5 Å². The molecule has 0 saturated heterocycles. The minimum atomic E-state index is -1.13. The Balaban J connectivity index is 1.50. The second kappa shape index (κ2) is 8.09. The van der Waals surface area contributed by atoms with Gasteiger partial charge in [-0.05, 0) is 48.0 Å². The summed E-state index contributed by atoms with van der Waals surface area (Å²) in [6.07, 6.45) is 0. The molecule has 0 fully saturated rings. The molecule has 5 aromatic rings. The summed E-state index contributed by atoms with van der Waals surface area (Å²) in [5, 5.41) is 30.7. The molecular formula is C27H17N3O7. The molecular weight excluding hydrogens is 478 g/mol. The van der Waals surface area contributed by atoms with Crippen molar-refractivity contribution in [2.75, 3.05) is 4.90 Å². The monoisotopic (exact) mass is 495 g/mol. The molecule has 0 spiro atoms. The summed E-state index contributed by atoms with van der Waals surface area (Å²) in [6, 6.07) is 17.5. The minimum Gasteiger partial charge on any atom is -0.508 e. The van der Waals surface area contributed by atoms with Crippen LogP contribution in [0, 0.1) is 0 Å². The first-order valence-corrected chi connectivity index (χ1v) is 11.1. The number of imidazole rings is 1. The van der Waals surface area contributed by atoms with Crippen LogP contribution in [0.3, 0.4) is 0 Å². The fourth-order valence-electron chi connectivity index (χ4n) is 4.50. The van der Waals surface area contributed by atoms with Crippen molar-refractivity contribution in [1.82, 2.24) is 9.97 Å². The van der Waals surface area contributed by atoms with Crippen molar-refractivity contribution in [2.45, 2.75) is 6.04 Å². The largest absolute Gasteiger partial charge is 0.508 e. The molecule has 0 saturated carbocycles. The van der Waals surface area contributed by atoms with Crippen molar-refractivity contribution >= 4 is 45.6 Å². The second-order valence-electron chi connectivity index (χ2n) is 8.51. The number of hydrogen-bond donors (Lipinski definition) is 4. The van der Waals surface area contributed by atoms with Gasteiger partial charge in [0.1, 0.15) is 11.3 Å². The van der Waals surface area contributed by atoms with Crippen molar-refractivity contribution in [2.24, 2.45) is 0 Å². The summed E-state index contributed by atoms with van der Waals surface area (Å²) in [7, 11) is 0. The SMILES string of the molecule is O=C(O)c1ccc2nc(N3C(=O)C(O)=C(C(=O)c4cc5ccccc5o4)C3c3ccc(O)cc3)[nH]c2c1. The van der Waals surface area contributed by atoms with E-state index >= 15 is 0 Å². The number of carboxylic acid groups (broad SMARTS) is 1. The number of anilines is 1. The number of aromatic amines is 1. The van der Waals surface area contributed by atoms with Gasteiger partial charge >= 0.3 is 5.97 Å². The first-order valence-electron chi connectivity index (χ1n) is 11.1. The molecule has 182 valence electrons. The first-order chi connectivity index (χ1) is 17.8. The smallest absolute Gasteiger partial charge is 0.335 e. The molecule has 0 radical (unpaired) electrons. The number of nitrogens with zero attached hydrogens (tertiary/aromatic N) is 2. The number of amides is 1. The molecule has 0 aliphatic carbocycles. The van der Waals surface area contributed by atoms with Crippen LogP contribution in [-0.2, 0) is 4.79 Å². The summed E-state index contributed by atoms with van der Waals surface area (Å²) in [5.41, 5.74) is 1.42. The van der Waals surface area contributed by atoms with Gasteiger partial charge in [0.2, 0.25) is 11.7 Å². The number of Topliss-reactive ketones (excluding diaryl/α,β-unsaturated/α-hetero) is 1. The van der Waals surface area contributed by atoms with E-state index < -0.39 is 29.5 Å². The van der Waals surface area contributed by atoms with E-state index in [-0.39, 0.29) is 28.6 Å². The summed E-state index contributed by atoms with van der Waals surface area (Å²) in [4.78, 5) is 46.9. The van der Waals surface area contributed by atoms with Crippen LogP contribution in [0.15, 0.2) is 88.5 Å². The number of furan rings is 1. The van der Waals surface area contributed by atoms with E-state index in [1.807, 2.05) is 0 Å². The zero-order chi connectivity index (χ0) is 25.8. The maximum absolute atomic E-state index is 13.7. The van der Waals surface area contributed by atoms with Crippen LogP contribution in [0.4, 0.5) is 5.95 Å². The van der Waals surface area contributed by atoms with Gasteiger partial charge in [-0.2, -0.15) is 0 Å². The Hall–Kier alpha value is -5.38. The van der Waals surface area contributed by atoms with Crippen LogP contribution in [-0.4, -0.2) is 42.9 Å². The van der Waals surface area contributed by atoms with E-state index in [0.717, 1.165) is 4.90 Å². The number of hydrogen-bond acceptors (Lipinski definition) is 7. The van der Waals surface area contributed by atoms with Crippen LogP contribution in [0.25, 0.3) is 22.0 Å². The zero-order valence-electron chi connectivity index (χ0n) is 18.9. The van der Waals surface area contributed by atoms with Crippen LogP contribution in [0.5, 0.6) is 5.75 Å². The van der Waals surface area contributed by atoms with Gasteiger partial charge in [-0.15, -0.1) is 0 Å². The van der Waals surface area contributed by atoms with Gasteiger partial charge in [-0.25, -0.2) is 9.78 Å². The number of ketones is 1. The predicted octanol–water partition coefficient (Wildman–Crippen LogP) is 4.50. The number of fused-ring (bicyclic) bond motifs is 2. The third-order valence-corrected chi connectivity index (χ3v) is 6.26. The van der Waals surface area contributed by atoms with E-state index in [1.165, 1.54) is 48.5 Å². The molecule has 3 heterocycles. The molecule has 1 aliphatic rings. The van der Waals surface area contributed by atoms with Crippen LogP contribution in [0.1, 0.15) is 32.5 Å². The van der Waals surface area contributed by atoms with Crippen LogP contribution in [0.2, 0.25) is 0 Å². The van der Waals surface area contributed by atoms with Gasteiger partial charge in [0.05, 0.1) is 28.2 Å². The number of para-hydroxylation sites is 1. The lowest BCUT2D eigenvalue weighted by molar-refractivity contribution is -0.117. The summed E-state index contributed by atoms with van der Waals surface area (Å²) < 4.78 is 5.71. The van der Waals surface area contributed by atoms with Crippen molar-refractivity contribution in [1.29, 1.82) is 0 Å². The van der Waals surface area contributed by atoms with E-state index in [1.54, 1.807) is 24.3 Å². The summed E-state index contributed by atoms with van der Waals surface area (Å²) >= 11 is 0. The Morgan fingerprint density at radius 1 is 0.973 bits per heavy atom. The van der Waals surface area contributed by atoms with Gasteiger partial charge in [0, 0.05) is 5.39 Å². The van der Waals surface area contributed by atoms with Crippen molar-refractivity contribution < 1.29 is 34.1 Å². The van der Waals surface area contributed by atoms with Crippen molar-refractivity contribution in [3.63, 3.8) is 0 Å². The fraction of sp³-hybridized carbons (Fsp3) is 0.0370. The Kier molecular flexibility index (Phi) is 4.83. The quantitative estimate of drug-likeness (QED) is 0.260. The van der Waals surface area contributed by atoms with E-state index in [4.69, 9.17) is 4.42 Å².